The molecule has 0 radical (unpaired) electrons. The molecule has 2 rings (SSSR count). The van der Waals surface area contributed by atoms with E-state index in [0.29, 0.717) is 0 Å². The summed E-state index contributed by atoms with van der Waals surface area (Å²) in [4.78, 5) is 0. The van der Waals surface area contributed by atoms with Gasteiger partial charge in [-0.05, 0) is 25.8 Å². The van der Waals surface area contributed by atoms with Crippen molar-refractivity contribution < 1.29 is 4.42 Å². The van der Waals surface area contributed by atoms with Crippen molar-refractivity contribution in [3.8, 4) is 0 Å². The molecule has 0 bridgehead atoms. The maximum atomic E-state index is 6.14. The Kier molecular flexibility index (Phi) is 3.27. The van der Waals surface area contributed by atoms with Gasteiger partial charge in [0.2, 0.25) is 0 Å². The predicted molar refractivity (Wildman–Crippen MR) is 66.0 cm³/mol. The van der Waals surface area contributed by atoms with Crippen LogP contribution < -0.4 is 11.5 Å². The molecular formula is C13H18N2O. The average molecular weight is 218 g/mol. The SMILES string of the molecule is CC(N)CCC(N)c1coc2ccccc12. The van der Waals surface area contributed by atoms with E-state index in [1.54, 1.807) is 6.26 Å². The second-order valence-corrected chi connectivity index (χ2v) is 4.35. The number of hydrogen-bond acceptors (Lipinski definition) is 3. The van der Waals surface area contributed by atoms with Gasteiger partial charge in [-0.25, -0.2) is 0 Å². The first-order valence-corrected chi connectivity index (χ1v) is 5.66. The van der Waals surface area contributed by atoms with Crippen LogP contribution in [0.4, 0.5) is 0 Å². The molecule has 16 heavy (non-hydrogen) atoms. The van der Waals surface area contributed by atoms with E-state index in [0.717, 1.165) is 29.4 Å². The fourth-order valence-electron chi connectivity index (χ4n) is 1.88. The Balaban J connectivity index is 2.19. The van der Waals surface area contributed by atoms with Crippen molar-refractivity contribution in [3.05, 3.63) is 36.1 Å². The molecule has 1 aromatic carbocycles. The number of hydrogen-bond donors (Lipinski definition) is 2. The molecule has 2 unspecified atom stereocenters. The molecule has 0 amide bonds. The van der Waals surface area contributed by atoms with Crippen LogP contribution in [0.2, 0.25) is 0 Å². The molecule has 3 heteroatoms. The van der Waals surface area contributed by atoms with Gasteiger partial charge in [0.05, 0.1) is 6.26 Å². The fraction of sp³-hybridized carbons (Fsp3) is 0.385. The lowest BCUT2D eigenvalue weighted by Gasteiger charge is -2.11. The van der Waals surface area contributed by atoms with Gasteiger partial charge in [-0.1, -0.05) is 18.2 Å². The highest BCUT2D eigenvalue weighted by molar-refractivity contribution is 5.81. The first-order valence-electron chi connectivity index (χ1n) is 5.66. The van der Waals surface area contributed by atoms with Gasteiger partial charge in [0, 0.05) is 23.0 Å². The number of furan rings is 1. The number of fused-ring (bicyclic) bond motifs is 1. The first-order chi connectivity index (χ1) is 7.68. The van der Waals surface area contributed by atoms with Crippen LogP contribution in [0.1, 0.15) is 31.4 Å². The van der Waals surface area contributed by atoms with Crippen molar-refractivity contribution in [2.75, 3.05) is 0 Å². The molecule has 3 nitrogen and oxygen atoms in total. The lowest BCUT2D eigenvalue weighted by molar-refractivity contribution is 0.544. The molecule has 4 N–H and O–H groups in total. The molecule has 86 valence electrons. The van der Waals surface area contributed by atoms with Crippen LogP contribution in [-0.2, 0) is 0 Å². The summed E-state index contributed by atoms with van der Waals surface area (Å²) in [5.74, 6) is 0. The smallest absolute Gasteiger partial charge is 0.134 e. The van der Waals surface area contributed by atoms with Gasteiger partial charge in [0.15, 0.2) is 0 Å². The van der Waals surface area contributed by atoms with Gasteiger partial charge in [-0.2, -0.15) is 0 Å². The molecule has 2 atom stereocenters. The summed E-state index contributed by atoms with van der Waals surface area (Å²) in [5, 5.41) is 1.11. The van der Waals surface area contributed by atoms with Crippen LogP contribution >= 0.6 is 0 Å². The molecule has 0 saturated carbocycles. The van der Waals surface area contributed by atoms with E-state index < -0.39 is 0 Å². The molecule has 1 heterocycles. The van der Waals surface area contributed by atoms with Crippen molar-refractivity contribution in [2.45, 2.75) is 31.8 Å². The van der Waals surface area contributed by atoms with Crippen LogP contribution in [0, 0.1) is 0 Å². The minimum atomic E-state index is 0.00894. The highest BCUT2D eigenvalue weighted by Crippen LogP contribution is 2.27. The second-order valence-electron chi connectivity index (χ2n) is 4.35. The summed E-state index contributed by atoms with van der Waals surface area (Å²) in [5.41, 5.74) is 13.8. The molecule has 0 saturated heterocycles. The third-order valence-electron chi connectivity index (χ3n) is 2.84. The predicted octanol–water partition coefficient (Wildman–Crippen LogP) is 2.56. The third kappa shape index (κ3) is 2.26. The highest BCUT2D eigenvalue weighted by Gasteiger charge is 2.13. The average Bonchev–Trinajstić information content (AvgIpc) is 2.69. The Hall–Kier alpha value is -1.32. The van der Waals surface area contributed by atoms with E-state index in [1.165, 1.54) is 0 Å². The summed E-state index contributed by atoms with van der Waals surface area (Å²) in [6.45, 7) is 2.00. The Labute approximate surface area is 95.4 Å². The topological polar surface area (TPSA) is 65.2 Å². The highest BCUT2D eigenvalue weighted by atomic mass is 16.3. The lowest BCUT2D eigenvalue weighted by Crippen LogP contribution is -2.18. The van der Waals surface area contributed by atoms with Gasteiger partial charge in [0.25, 0.3) is 0 Å². The Morgan fingerprint density at radius 2 is 1.94 bits per heavy atom. The fourth-order valence-corrected chi connectivity index (χ4v) is 1.88. The molecule has 0 aliphatic rings. The largest absolute Gasteiger partial charge is 0.464 e. The number of nitrogens with two attached hydrogens (primary N) is 2. The van der Waals surface area contributed by atoms with Crippen molar-refractivity contribution in [1.82, 2.24) is 0 Å². The van der Waals surface area contributed by atoms with E-state index in [1.807, 2.05) is 31.2 Å². The Bertz CT molecular complexity index is 462. The third-order valence-corrected chi connectivity index (χ3v) is 2.84. The summed E-state index contributed by atoms with van der Waals surface area (Å²) >= 11 is 0. The summed E-state index contributed by atoms with van der Waals surface area (Å²) in [6.07, 6.45) is 3.58. The van der Waals surface area contributed by atoms with Gasteiger partial charge < -0.3 is 15.9 Å². The van der Waals surface area contributed by atoms with Crippen molar-refractivity contribution in [2.24, 2.45) is 11.5 Å². The van der Waals surface area contributed by atoms with E-state index in [4.69, 9.17) is 15.9 Å². The first kappa shape index (κ1) is 11.2. The Morgan fingerprint density at radius 3 is 2.69 bits per heavy atom. The zero-order valence-electron chi connectivity index (χ0n) is 9.52. The number of rotatable bonds is 4. The van der Waals surface area contributed by atoms with Gasteiger partial charge in [-0.3, -0.25) is 0 Å². The van der Waals surface area contributed by atoms with Crippen LogP contribution in [0.15, 0.2) is 34.9 Å². The van der Waals surface area contributed by atoms with E-state index in [-0.39, 0.29) is 12.1 Å². The van der Waals surface area contributed by atoms with Crippen molar-refractivity contribution in [1.29, 1.82) is 0 Å². The monoisotopic (exact) mass is 218 g/mol. The van der Waals surface area contributed by atoms with Gasteiger partial charge in [-0.15, -0.1) is 0 Å². The van der Waals surface area contributed by atoms with E-state index in [9.17, 15) is 0 Å². The molecule has 0 spiro atoms. The summed E-state index contributed by atoms with van der Waals surface area (Å²) < 4.78 is 5.47. The van der Waals surface area contributed by atoms with E-state index >= 15 is 0 Å². The van der Waals surface area contributed by atoms with Crippen LogP contribution in [0.25, 0.3) is 11.0 Å². The molecule has 1 aromatic heterocycles. The maximum Gasteiger partial charge on any atom is 0.134 e. The number of benzene rings is 1. The van der Waals surface area contributed by atoms with Gasteiger partial charge in [0.1, 0.15) is 5.58 Å². The quantitative estimate of drug-likeness (QED) is 0.828. The van der Waals surface area contributed by atoms with Crippen LogP contribution in [0.3, 0.4) is 0 Å². The molecule has 0 fully saturated rings. The maximum absolute atomic E-state index is 6.14. The van der Waals surface area contributed by atoms with Gasteiger partial charge >= 0.3 is 0 Å². The van der Waals surface area contributed by atoms with E-state index in [2.05, 4.69) is 0 Å². The van der Waals surface area contributed by atoms with Crippen LogP contribution in [-0.4, -0.2) is 6.04 Å². The lowest BCUT2D eigenvalue weighted by atomic mass is 10.0. The van der Waals surface area contributed by atoms with Crippen LogP contribution in [0.5, 0.6) is 0 Å². The minimum Gasteiger partial charge on any atom is -0.464 e. The minimum absolute atomic E-state index is 0.00894. The zero-order chi connectivity index (χ0) is 11.5. The van der Waals surface area contributed by atoms with Crippen molar-refractivity contribution in [3.63, 3.8) is 0 Å². The molecule has 2 aromatic rings. The normalized spacial score (nSPS) is 15.2. The van der Waals surface area contributed by atoms with Crippen molar-refractivity contribution >= 4 is 11.0 Å². The molecule has 0 aliphatic heterocycles. The standard InChI is InChI=1S/C13H18N2O/c1-9(14)6-7-12(15)11-8-16-13-5-3-2-4-10(11)13/h2-5,8-9,12H,6-7,14-15H2,1H3. The number of para-hydroxylation sites is 1. The zero-order valence-corrected chi connectivity index (χ0v) is 9.52. The molecular weight excluding hydrogens is 200 g/mol. The summed E-state index contributed by atoms with van der Waals surface area (Å²) in [7, 11) is 0. The summed E-state index contributed by atoms with van der Waals surface area (Å²) in [6, 6.07) is 8.17. The second kappa shape index (κ2) is 4.68. The molecule has 0 aliphatic carbocycles. The Morgan fingerprint density at radius 1 is 1.19 bits per heavy atom.